The monoisotopic (exact) mass is 390 g/mol. The first-order valence-electron chi connectivity index (χ1n) is 9.38. The third-order valence-corrected chi connectivity index (χ3v) is 5.93. The van der Waals surface area contributed by atoms with E-state index in [0.29, 0.717) is 18.1 Å². The summed E-state index contributed by atoms with van der Waals surface area (Å²) in [4.78, 5) is 27.6. The maximum atomic E-state index is 13.2. The Morgan fingerprint density at radius 3 is 2.81 bits per heavy atom. The van der Waals surface area contributed by atoms with E-state index in [4.69, 9.17) is 21.4 Å². The van der Waals surface area contributed by atoms with Gasteiger partial charge in [-0.15, -0.1) is 0 Å². The number of hydrogen-bond donors (Lipinski definition) is 2. The number of carbonyl (C=O) groups excluding carboxylic acids is 2. The number of aliphatic hydroxyl groups excluding tert-OH is 1. The van der Waals surface area contributed by atoms with Crippen LogP contribution in [0.15, 0.2) is 36.4 Å². The summed E-state index contributed by atoms with van der Waals surface area (Å²) >= 11 is 5.95. The van der Waals surface area contributed by atoms with E-state index in [0.717, 1.165) is 24.9 Å². The van der Waals surface area contributed by atoms with E-state index in [9.17, 15) is 9.59 Å². The molecule has 1 aromatic rings. The van der Waals surface area contributed by atoms with Gasteiger partial charge in [-0.05, 0) is 43.5 Å². The predicted octanol–water partition coefficient (Wildman–Crippen LogP) is 1.91. The zero-order chi connectivity index (χ0) is 19.0. The van der Waals surface area contributed by atoms with Gasteiger partial charge in [-0.2, -0.15) is 0 Å². The molecule has 1 aromatic carbocycles. The molecule has 3 unspecified atom stereocenters. The molecule has 2 fully saturated rings. The molecule has 2 N–H and O–H groups in total. The number of fused-ring (bicyclic) bond motifs is 1. The first kappa shape index (κ1) is 18.5. The molecule has 6 nitrogen and oxygen atoms in total. The maximum absolute atomic E-state index is 13.2. The van der Waals surface area contributed by atoms with E-state index in [-0.39, 0.29) is 24.5 Å². The first-order chi connectivity index (χ1) is 13.1. The van der Waals surface area contributed by atoms with Crippen LogP contribution >= 0.6 is 11.6 Å². The Kier molecular flexibility index (Phi) is 4.97. The van der Waals surface area contributed by atoms with Crippen LogP contribution in [0.4, 0.5) is 5.69 Å². The molecule has 3 aliphatic rings. The Labute approximate surface area is 163 Å². The summed E-state index contributed by atoms with van der Waals surface area (Å²) in [5.41, 5.74) is 0.0390. The highest BCUT2D eigenvalue weighted by Gasteiger charge is 2.66. The second-order valence-corrected chi connectivity index (χ2v) is 7.81. The summed E-state index contributed by atoms with van der Waals surface area (Å²) < 4.78 is 6.11. The van der Waals surface area contributed by atoms with Gasteiger partial charge in [-0.3, -0.25) is 9.59 Å². The topological polar surface area (TPSA) is 78.9 Å². The fraction of sp³-hybridized carbons (Fsp3) is 0.500. The molecule has 0 aromatic heterocycles. The molecule has 7 heteroatoms. The van der Waals surface area contributed by atoms with Crippen LogP contribution in [0.5, 0.6) is 0 Å². The van der Waals surface area contributed by atoms with E-state index >= 15 is 0 Å². The number of halogens is 1. The molecule has 2 amide bonds. The number of hydrogen-bond acceptors (Lipinski definition) is 4. The molecule has 4 rings (SSSR count). The number of anilines is 1. The van der Waals surface area contributed by atoms with Crippen LogP contribution in [0, 0.1) is 11.8 Å². The van der Waals surface area contributed by atoms with Gasteiger partial charge >= 0.3 is 0 Å². The summed E-state index contributed by atoms with van der Waals surface area (Å²) in [5.74, 6) is -1.21. The fourth-order valence-corrected chi connectivity index (χ4v) is 4.51. The Hall–Kier alpha value is -1.89. The SMILES string of the molecule is O=C(NCCCCCO)C1C2C=C[C@@]3(CN(c4ccc(Cl)cc4)C(=O)C13)O2. The van der Waals surface area contributed by atoms with Crippen molar-refractivity contribution >= 4 is 29.1 Å². The average Bonchev–Trinajstić information content (AvgIpc) is 3.30. The van der Waals surface area contributed by atoms with Crippen molar-refractivity contribution in [3.05, 3.63) is 41.4 Å². The Morgan fingerprint density at radius 2 is 2.07 bits per heavy atom. The number of aliphatic hydroxyl groups is 1. The highest BCUT2D eigenvalue weighted by atomic mass is 35.5. The molecule has 27 heavy (non-hydrogen) atoms. The van der Waals surface area contributed by atoms with Crippen molar-refractivity contribution in [1.82, 2.24) is 5.32 Å². The number of rotatable bonds is 7. The van der Waals surface area contributed by atoms with Gasteiger partial charge in [0, 0.05) is 23.9 Å². The van der Waals surface area contributed by atoms with Crippen molar-refractivity contribution in [2.24, 2.45) is 11.8 Å². The molecular formula is C20H23ClN2O4. The highest BCUT2D eigenvalue weighted by Crippen LogP contribution is 2.52. The third kappa shape index (κ3) is 3.16. The van der Waals surface area contributed by atoms with Gasteiger partial charge in [-0.1, -0.05) is 23.8 Å². The summed E-state index contributed by atoms with van der Waals surface area (Å²) in [5, 5.41) is 12.4. The molecule has 3 aliphatic heterocycles. The molecule has 2 saturated heterocycles. The van der Waals surface area contributed by atoms with Crippen LogP contribution in [-0.4, -0.2) is 48.3 Å². The van der Waals surface area contributed by atoms with Gasteiger partial charge in [0.1, 0.15) is 5.60 Å². The number of benzene rings is 1. The van der Waals surface area contributed by atoms with Gasteiger partial charge in [0.05, 0.1) is 24.5 Å². The summed E-state index contributed by atoms with van der Waals surface area (Å²) in [7, 11) is 0. The summed E-state index contributed by atoms with van der Waals surface area (Å²) in [6.45, 7) is 1.11. The molecule has 0 aliphatic carbocycles. The number of ether oxygens (including phenoxy) is 1. The highest BCUT2D eigenvalue weighted by molar-refractivity contribution is 6.30. The van der Waals surface area contributed by atoms with Gasteiger partial charge in [0.25, 0.3) is 0 Å². The van der Waals surface area contributed by atoms with Crippen LogP contribution in [0.25, 0.3) is 0 Å². The van der Waals surface area contributed by atoms with Crippen LogP contribution in [0.3, 0.4) is 0 Å². The average molecular weight is 391 g/mol. The minimum atomic E-state index is -0.722. The molecule has 1 spiro atoms. The lowest BCUT2D eigenvalue weighted by Gasteiger charge is -2.23. The van der Waals surface area contributed by atoms with Gasteiger partial charge in [0.2, 0.25) is 11.8 Å². The maximum Gasteiger partial charge on any atom is 0.234 e. The molecular weight excluding hydrogens is 368 g/mol. The fourth-order valence-electron chi connectivity index (χ4n) is 4.38. The zero-order valence-electron chi connectivity index (χ0n) is 14.9. The van der Waals surface area contributed by atoms with Crippen molar-refractivity contribution < 1.29 is 19.4 Å². The molecule has 3 heterocycles. The number of nitrogens with zero attached hydrogens (tertiary/aromatic N) is 1. The van der Waals surface area contributed by atoms with Crippen molar-refractivity contribution in [3.8, 4) is 0 Å². The normalized spacial score (nSPS) is 30.8. The Morgan fingerprint density at radius 1 is 1.30 bits per heavy atom. The molecule has 0 saturated carbocycles. The smallest absolute Gasteiger partial charge is 0.234 e. The number of carbonyl (C=O) groups is 2. The van der Waals surface area contributed by atoms with Crippen LogP contribution < -0.4 is 10.2 Å². The van der Waals surface area contributed by atoms with Crippen molar-refractivity contribution in [2.75, 3.05) is 24.6 Å². The van der Waals surface area contributed by atoms with Crippen molar-refractivity contribution in [1.29, 1.82) is 0 Å². The number of unbranched alkanes of at least 4 members (excludes halogenated alkanes) is 2. The standard InChI is InChI=1S/C20H23ClN2O4/c21-13-4-6-14(7-5-13)23-12-20-9-8-15(27-20)16(17(20)19(23)26)18(25)22-10-2-1-3-11-24/h4-9,15-17,24H,1-3,10-12H2,(H,22,25)/t15?,16?,17?,20-/m0/s1. The van der Waals surface area contributed by atoms with E-state index in [1.807, 2.05) is 24.3 Å². The van der Waals surface area contributed by atoms with Crippen molar-refractivity contribution in [3.63, 3.8) is 0 Å². The molecule has 144 valence electrons. The van der Waals surface area contributed by atoms with Crippen LogP contribution in [-0.2, 0) is 14.3 Å². The quantitative estimate of drug-likeness (QED) is 0.550. The summed E-state index contributed by atoms with van der Waals surface area (Å²) in [6, 6.07) is 7.12. The summed E-state index contributed by atoms with van der Waals surface area (Å²) in [6.07, 6.45) is 5.91. The van der Waals surface area contributed by atoms with Gasteiger partial charge in [0.15, 0.2) is 0 Å². The van der Waals surface area contributed by atoms with E-state index in [2.05, 4.69) is 5.32 Å². The molecule has 4 atom stereocenters. The molecule has 0 radical (unpaired) electrons. The second-order valence-electron chi connectivity index (χ2n) is 7.38. The van der Waals surface area contributed by atoms with Gasteiger partial charge in [-0.25, -0.2) is 0 Å². The largest absolute Gasteiger partial charge is 0.396 e. The lowest BCUT2D eigenvalue weighted by atomic mass is 9.77. The van der Waals surface area contributed by atoms with E-state index in [1.165, 1.54) is 0 Å². The van der Waals surface area contributed by atoms with Crippen molar-refractivity contribution in [2.45, 2.75) is 31.0 Å². The zero-order valence-corrected chi connectivity index (χ0v) is 15.7. The first-order valence-corrected chi connectivity index (χ1v) is 9.76. The number of amides is 2. The predicted molar refractivity (Wildman–Crippen MR) is 101 cm³/mol. The van der Waals surface area contributed by atoms with Crippen LogP contribution in [0.1, 0.15) is 19.3 Å². The van der Waals surface area contributed by atoms with Gasteiger partial charge < -0.3 is 20.1 Å². The number of nitrogens with one attached hydrogen (secondary N) is 1. The minimum absolute atomic E-state index is 0.0791. The second kappa shape index (κ2) is 7.26. The Balaban J connectivity index is 1.48. The third-order valence-electron chi connectivity index (χ3n) is 5.68. The molecule has 2 bridgehead atoms. The van der Waals surface area contributed by atoms with E-state index < -0.39 is 17.4 Å². The van der Waals surface area contributed by atoms with Crippen LogP contribution in [0.2, 0.25) is 5.02 Å². The van der Waals surface area contributed by atoms with E-state index in [1.54, 1.807) is 17.0 Å². The Bertz CT molecular complexity index is 766. The lowest BCUT2D eigenvalue weighted by Crippen LogP contribution is -2.44. The lowest BCUT2D eigenvalue weighted by molar-refractivity contribution is -0.131. The minimum Gasteiger partial charge on any atom is -0.396 e.